The second-order valence-corrected chi connectivity index (χ2v) is 10.3. The molecule has 4 rings (SSSR count). The lowest BCUT2D eigenvalue weighted by Gasteiger charge is -2.17. The van der Waals surface area contributed by atoms with Crippen molar-refractivity contribution in [1.82, 2.24) is 10.4 Å². The highest BCUT2D eigenvalue weighted by atomic mass is 32.2. The minimum atomic E-state index is -0.387. The molecule has 184 valence electrons. The van der Waals surface area contributed by atoms with Crippen LogP contribution in [0, 0.1) is 0 Å². The monoisotopic (exact) mass is 536 g/mol. The molecule has 2 aromatic carbocycles. The number of nitrogens with one attached hydrogen (secondary N) is 1. The second kappa shape index (κ2) is 12.0. The largest absolute Gasteiger partial charge is 0.490 e. The van der Waals surface area contributed by atoms with Gasteiger partial charge in [0.25, 0.3) is 11.8 Å². The zero-order valence-electron chi connectivity index (χ0n) is 19.6. The van der Waals surface area contributed by atoms with E-state index in [0.29, 0.717) is 40.9 Å². The molecule has 1 aromatic heterocycles. The molecule has 6 nitrogen and oxygen atoms in total. The van der Waals surface area contributed by atoms with Gasteiger partial charge in [-0.3, -0.25) is 15.0 Å². The summed E-state index contributed by atoms with van der Waals surface area (Å²) in [7, 11) is 0. The standard InChI is InChI=1S/C27H24N2O4S3/c1-3-9-20-14-19(15-21(32-4-2)24(20)33-17-18-10-6-5-7-11-18)16-23-26(31)29(27(34)36-23)28-25(30)22-12-8-13-35-22/h3,5-8,10-16H,1,4,9,17H2,2H3,(H,28,30)/b23-16-. The lowest BCUT2D eigenvalue weighted by molar-refractivity contribution is -0.123. The van der Waals surface area contributed by atoms with E-state index in [9.17, 15) is 9.59 Å². The number of carbonyl (C=O) groups excluding carboxylic acids is 2. The molecule has 3 aromatic rings. The molecule has 1 aliphatic rings. The first-order chi connectivity index (χ1) is 17.5. The maximum Gasteiger partial charge on any atom is 0.285 e. The Labute approximate surface area is 223 Å². The summed E-state index contributed by atoms with van der Waals surface area (Å²) in [6.45, 7) is 6.63. The lowest BCUT2D eigenvalue weighted by atomic mass is 10.0. The van der Waals surface area contributed by atoms with Crippen LogP contribution in [0.5, 0.6) is 11.5 Å². The van der Waals surface area contributed by atoms with Crippen molar-refractivity contribution in [3.8, 4) is 11.5 Å². The van der Waals surface area contributed by atoms with Crippen LogP contribution in [-0.2, 0) is 17.8 Å². The topological polar surface area (TPSA) is 67.9 Å². The molecule has 9 heteroatoms. The Morgan fingerprint density at radius 1 is 1.17 bits per heavy atom. The van der Waals surface area contributed by atoms with Gasteiger partial charge in [0.15, 0.2) is 15.8 Å². The predicted molar refractivity (Wildman–Crippen MR) is 149 cm³/mol. The summed E-state index contributed by atoms with van der Waals surface area (Å²) in [6.07, 6.45) is 4.10. The number of ether oxygens (including phenoxy) is 2. The lowest BCUT2D eigenvalue weighted by Crippen LogP contribution is -2.44. The van der Waals surface area contributed by atoms with E-state index in [1.165, 1.54) is 11.3 Å². The number of thiophene rings is 1. The molecule has 2 amide bonds. The summed E-state index contributed by atoms with van der Waals surface area (Å²) in [6, 6.07) is 17.1. The molecule has 2 heterocycles. The summed E-state index contributed by atoms with van der Waals surface area (Å²) in [5, 5.41) is 2.91. The number of rotatable bonds is 10. The molecule has 0 spiro atoms. The van der Waals surface area contributed by atoms with Crippen molar-refractivity contribution in [1.29, 1.82) is 0 Å². The van der Waals surface area contributed by atoms with Crippen LogP contribution in [-0.4, -0.2) is 27.8 Å². The third kappa shape index (κ3) is 6.04. The zero-order chi connectivity index (χ0) is 25.5. The van der Waals surface area contributed by atoms with Gasteiger partial charge in [-0.2, -0.15) is 5.01 Å². The van der Waals surface area contributed by atoms with E-state index in [2.05, 4.69) is 12.0 Å². The van der Waals surface area contributed by atoms with E-state index in [1.54, 1.807) is 29.7 Å². The van der Waals surface area contributed by atoms with Gasteiger partial charge in [-0.15, -0.1) is 17.9 Å². The third-order valence-electron chi connectivity index (χ3n) is 5.09. The van der Waals surface area contributed by atoms with E-state index in [4.69, 9.17) is 21.7 Å². The average Bonchev–Trinajstić information content (AvgIpc) is 3.50. The van der Waals surface area contributed by atoms with E-state index >= 15 is 0 Å². The van der Waals surface area contributed by atoms with Crippen LogP contribution in [0.25, 0.3) is 6.08 Å². The number of thiocarbonyl (C=S) groups is 1. The summed E-state index contributed by atoms with van der Waals surface area (Å²) in [5.41, 5.74) is 5.28. The molecule has 0 saturated carbocycles. The third-order valence-corrected chi connectivity index (χ3v) is 7.26. The first-order valence-electron chi connectivity index (χ1n) is 11.2. The maximum atomic E-state index is 13.0. The number of hydrazine groups is 1. The van der Waals surface area contributed by atoms with E-state index in [1.807, 2.05) is 49.4 Å². The first kappa shape index (κ1) is 25.7. The van der Waals surface area contributed by atoms with Crippen LogP contribution in [0.4, 0.5) is 0 Å². The van der Waals surface area contributed by atoms with Crippen LogP contribution < -0.4 is 14.9 Å². The highest BCUT2D eigenvalue weighted by molar-refractivity contribution is 8.26. The van der Waals surface area contributed by atoms with Gasteiger partial charge in [-0.25, -0.2) is 0 Å². The summed E-state index contributed by atoms with van der Waals surface area (Å²) >= 11 is 7.77. The van der Waals surface area contributed by atoms with Gasteiger partial charge >= 0.3 is 0 Å². The van der Waals surface area contributed by atoms with E-state index < -0.39 is 0 Å². The number of nitrogens with zero attached hydrogens (tertiary/aromatic N) is 1. The van der Waals surface area contributed by atoms with Crippen molar-refractivity contribution in [2.24, 2.45) is 0 Å². The van der Waals surface area contributed by atoms with Crippen molar-refractivity contribution < 1.29 is 19.1 Å². The van der Waals surface area contributed by atoms with Gasteiger partial charge in [0, 0.05) is 5.56 Å². The Kier molecular flexibility index (Phi) is 8.58. The Morgan fingerprint density at radius 2 is 1.97 bits per heavy atom. The van der Waals surface area contributed by atoms with Crippen molar-refractivity contribution in [3.63, 3.8) is 0 Å². The summed E-state index contributed by atoms with van der Waals surface area (Å²) in [5.74, 6) is 0.464. The molecule has 0 aliphatic carbocycles. The number of benzene rings is 2. The van der Waals surface area contributed by atoms with Crippen LogP contribution in [0.2, 0.25) is 0 Å². The quantitative estimate of drug-likeness (QED) is 0.195. The normalized spacial score (nSPS) is 14.2. The fourth-order valence-electron chi connectivity index (χ4n) is 3.51. The number of hydrogen-bond donors (Lipinski definition) is 1. The van der Waals surface area contributed by atoms with Gasteiger partial charge in [0.1, 0.15) is 6.61 Å². The van der Waals surface area contributed by atoms with Gasteiger partial charge in [-0.1, -0.05) is 54.2 Å². The van der Waals surface area contributed by atoms with E-state index in [-0.39, 0.29) is 16.1 Å². The summed E-state index contributed by atoms with van der Waals surface area (Å²) < 4.78 is 12.3. The fraction of sp³-hybridized carbons (Fsp3) is 0.148. The summed E-state index contributed by atoms with van der Waals surface area (Å²) in [4.78, 5) is 26.4. The molecule has 1 N–H and O–H groups in total. The van der Waals surface area contributed by atoms with Crippen LogP contribution in [0.3, 0.4) is 0 Å². The second-order valence-electron chi connectivity index (χ2n) is 7.64. The van der Waals surface area contributed by atoms with Crippen molar-refractivity contribution in [3.05, 3.63) is 99.1 Å². The molecule has 1 saturated heterocycles. The number of hydrogen-bond acceptors (Lipinski definition) is 7. The number of carbonyl (C=O) groups is 2. The maximum absolute atomic E-state index is 13.0. The highest BCUT2D eigenvalue weighted by Crippen LogP contribution is 2.37. The molecule has 0 bridgehead atoms. The minimum Gasteiger partial charge on any atom is -0.490 e. The van der Waals surface area contributed by atoms with Crippen molar-refractivity contribution in [2.45, 2.75) is 20.0 Å². The average molecular weight is 537 g/mol. The smallest absolute Gasteiger partial charge is 0.285 e. The Morgan fingerprint density at radius 3 is 2.67 bits per heavy atom. The predicted octanol–water partition coefficient (Wildman–Crippen LogP) is 6.00. The fourth-order valence-corrected chi connectivity index (χ4v) is 5.30. The van der Waals surface area contributed by atoms with Crippen molar-refractivity contribution >= 4 is 57.5 Å². The Bertz CT molecular complexity index is 1300. The molecule has 0 unspecified atom stereocenters. The SMILES string of the molecule is C=CCc1cc(/C=C2\SC(=S)N(NC(=O)c3cccs3)C2=O)cc(OCC)c1OCc1ccccc1. The van der Waals surface area contributed by atoms with Crippen LogP contribution in [0.15, 0.2) is 77.5 Å². The van der Waals surface area contributed by atoms with Crippen molar-refractivity contribution in [2.75, 3.05) is 6.61 Å². The Balaban J connectivity index is 1.60. The van der Waals surface area contributed by atoms with Crippen LogP contribution >= 0.6 is 35.3 Å². The molecule has 1 aliphatic heterocycles. The van der Waals surface area contributed by atoms with Gasteiger partial charge < -0.3 is 9.47 Å². The molecule has 36 heavy (non-hydrogen) atoms. The molecule has 1 fully saturated rings. The van der Waals surface area contributed by atoms with Gasteiger partial charge in [-0.05, 0) is 66.3 Å². The highest BCUT2D eigenvalue weighted by Gasteiger charge is 2.34. The number of allylic oxidation sites excluding steroid dienone is 1. The van der Waals surface area contributed by atoms with Gasteiger partial charge in [0.2, 0.25) is 0 Å². The van der Waals surface area contributed by atoms with Crippen LogP contribution in [0.1, 0.15) is 33.3 Å². The Hall–Kier alpha value is -3.40. The molecule has 0 radical (unpaired) electrons. The molecule has 0 atom stereocenters. The first-order valence-corrected chi connectivity index (χ1v) is 13.3. The van der Waals surface area contributed by atoms with E-state index in [0.717, 1.165) is 33.5 Å². The van der Waals surface area contributed by atoms with Gasteiger partial charge in [0.05, 0.1) is 16.4 Å². The molecular formula is C27H24N2O4S3. The zero-order valence-corrected chi connectivity index (χ0v) is 22.0. The molecular weight excluding hydrogens is 513 g/mol. The number of thioether (sulfide) groups is 1. The minimum absolute atomic E-state index is 0.260. The number of amides is 2.